The molecule has 9 heteroatoms. The molecular weight excluding hydrogens is 255 g/mol. The number of rotatable bonds is 2. The Bertz CT molecular complexity index is 605. The minimum Gasteiger partial charge on any atom is -0.385 e. The molecule has 0 aliphatic carbocycles. The van der Waals surface area contributed by atoms with E-state index >= 15 is 0 Å². The van der Waals surface area contributed by atoms with E-state index in [-0.39, 0.29) is 12.4 Å². The summed E-state index contributed by atoms with van der Waals surface area (Å²) in [6.45, 7) is -0.0154. The zero-order chi connectivity index (χ0) is 13.6. The number of nitrogens with two attached hydrogens (primary N) is 2. The summed E-state index contributed by atoms with van der Waals surface area (Å²) >= 11 is 0. The first-order valence-electron chi connectivity index (χ1n) is 5.74. The van der Waals surface area contributed by atoms with Gasteiger partial charge in [0, 0.05) is 6.54 Å². The van der Waals surface area contributed by atoms with Gasteiger partial charge in [0.15, 0.2) is 23.9 Å². The van der Waals surface area contributed by atoms with E-state index in [4.69, 9.17) is 16.2 Å². The molecule has 1 unspecified atom stereocenters. The summed E-state index contributed by atoms with van der Waals surface area (Å²) in [5.41, 5.74) is 11.8. The molecule has 4 atom stereocenters. The number of fused-ring (bicyclic) bond motifs is 1. The second-order valence-electron chi connectivity index (χ2n) is 4.32. The maximum Gasteiger partial charge on any atom is 0.167 e. The highest BCUT2D eigenvalue weighted by molar-refractivity contribution is 5.81. The van der Waals surface area contributed by atoms with Crippen LogP contribution in [0.4, 0.5) is 10.2 Å². The molecule has 1 saturated heterocycles. The van der Waals surface area contributed by atoms with Crippen molar-refractivity contribution in [2.24, 2.45) is 5.73 Å². The van der Waals surface area contributed by atoms with Crippen molar-refractivity contribution in [1.29, 1.82) is 0 Å². The monoisotopic (exact) mass is 268 g/mol. The SMILES string of the molecule is NC[C@H]1O[C@@H](n2cnc3c(N)ncnc32)[C@H](O)C1F. The predicted octanol–water partition coefficient (Wildman–Crippen LogP) is -1.04. The Morgan fingerprint density at radius 3 is 2.89 bits per heavy atom. The molecule has 1 aliphatic heterocycles. The van der Waals surface area contributed by atoms with Crippen molar-refractivity contribution in [1.82, 2.24) is 19.5 Å². The fraction of sp³-hybridized carbons (Fsp3) is 0.500. The maximum absolute atomic E-state index is 13.8. The van der Waals surface area contributed by atoms with Gasteiger partial charge in [-0.05, 0) is 0 Å². The van der Waals surface area contributed by atoms with E-state index in [0.717, 1.165) is 0 Å². The molecule has 0 amide bonds. The lowest BCUT2D eigenvalue weighted by atomic mass is 10.1. The maximum atomic E-state index is 13.8. The van der Waals surface area contributed by atoms with Crippen LogP contribution in [-0.4, -0.2) is 49.5 Å². The van der Waals surface area contributed by atoms with E-state index in [2.05, 4.69) is 15.0 Å². The second-order valence-corrected chi connectivity index (χ2v) is 4.32. The van der Waals surface area contributed by atoms with Crippen LogP contribution in [0.15, 0.2) is 12.7 Å². The molecule has 8 nitrogen and oxygen atoms in total. The van der Waals surface area contributed by atoms with Gasteiger partial charge in [-0.1, -0.05) is 0 Å². The number of aliphatic hydroxyl groups excluding tert-OH is 1. The molecule has 5 N–H and O–H groups in total. The molecule has 0 bridgehead atoms. The molecule has 2 aromatic rings. The molecule has 0 radical (unpaired) electrons. The van der Waals surface area contributed by atoms with Gasteiger partial charge in [-0.2, -0.15) is 0 Å². The summed E-state index contributed by atoms with van der Waals surface area (Å²) in [7, 11) is 0. The Balaban J connectivity index is 2.04. The number of imidazole rings is 1. The Hall–Kier alpha value is -1.84. The highest BCUT2D eigenvalue weighted by atomic mass is 19.1. The molecule has 19 heavy (non-hydrogen) atoms. The molecular formula is C10H13FN6O2. The first kappa shape index (κ1) is 12.2. The van der Waals surface area contributed by atoms with Gasteiger partial charge in [0.25, 0.3) is 0 Å². The van der Waals surface area contributed by atoms with Gasteiger partial charge in [-0.15, -0.1) is 0 Å². The quantitative estimate of drug-likeness (QED) is 0.635. The lowest BCUT2D eigenvalue weighted by molar-refractivity contribution is -0.0321. The number of alkyl halides is 1. The van der Waals surface area contributed by atoms with E-state index in [1.807, 2.05) is 0 Å². The Morgan fingerprint density at radius 2 is 2.21 bits per heavy atom. The summed E-state index contributed by atoms with van der Waals surface area (Å²) in [6.07, 6.45) is -2.01. The van der Waals surface area contributed by atoms with Crippen LogP contribution in [0.25, 0.3) is 11.2 Å². The van der Waals surface area contributed by atoms with Crippen molar-refractivity contribution in [2.45, 2.75) is 24.6 Å². The van der Waals surface area contributed by atoms with E-state index in [9.17, 15) is 9.50 Å². The normalized spacial score (nSPS) is 31.1. The van der Waals surface area contributed by atoms with Crippen molar-refractivity contribution < 1.29 is 14.2 Å². The first-order valence-corrected chi connectivity index (χ1v) is 5.74. The summed E-state index contributed by atoms with van der Waals surface area (Å²) in [6, 6.07) is 0. The molecule has 1 aliphatic rings. The van der Waals surface area contributed by atoms with Crippen LogP contribution in [-0.2, 0) is 4.74 Å². The Kier molecular flexibility index (Phi) is 2.81. The van der Waals surface area contributed by atoms with Gasteiger partial charge in [-0.25, -0.2) is 19.3 Å². The minimum atomic E-state index is -1.55. The highest BCUT2D eigenvalue weighted by Crippen LogP contribution is 2.33. The van der Waals surface area contributed by atoms with Crippen molar-refractivity contribution in [2.75, 3.05) is 12.3 Å². The van der Waals surface area contributed by atoms with Gasteiger partial charge in [0.2, 0.25) is 0 Å². The van der Waals surface area contributed by atoms with Crippen LogP contribution in [0.5, 0.6) is 0 Å². The van der Waals surface area contributed by atoms with Crippen molar-refractivity contribution >= 4 is 17.0 Å². The van der Waals surface area contributed by atoms with Gasteiger partial charge in [-0.3, -0.25) is 4.57 Å². The van der Waals surface area contributed by atoms with Gasteiger partial charge >= 0.3 is 0 Å². The number of nitrogens with zero attached hydrogens (tertiary/aromatic N) is 4. The van der Waals surface area contributed by atoms with Gasteiger partial charge < -0.3 is 21.3 Å². The average molecular weight is 268 g/mol. The number of halogens is 1. The molecule has 102 valence electrons. The molecule has 0 saturated carbocycles. The molecule has 3 rings (SSSR count). The summed E-state index contributed by atoms with van der Waals surface area (Å²) in [5, 5.41) is 9.88. The number of anilines is 1. The van der Waals surface area contributed by atoms with E-state index in [0.29, 0.717) is 11.2 Å². The number of ether oxygens (including phenoxy) is 1. The highest BCUT2D eigenvalue weighted by Gasteiger charge is 2.45. The predicted molar refractivity (Wildman–Crippen MR) is 63.6 cm³/mol. The van der Waals surface area contributed by atoms with Crippen molar-refractivity contribution in [3.8, 4) is 0 Å². The standard InChI is InChI=1S/C10H13FN6O2/c11-5-4(1-12)19-10(7(5)18)17-3-16-6-8(13)14-2-15-9(6)17/h2-5,7,10,18H,1,12H2,(H2,13,14,15)/t4-,5?,7-,10-/m1/s1. The van der Waals surface area contributed by atoms with Gasteiger partial charge in [0.1, 0.15) is 24.1 Å². The van der Waals surface area contributed by atoms with E-state index in [1.165, 1.54) is 17.2 Å². The van der Waals surface area contributed by atoms with E-state index < -0.39 is 24.6 Å². The van der Waals surface area contributed by atoms with Crippen LogP contribution in [0.1, 0.15) is 6.23 Å². The number of aromatic nitrogens is 4. The number of nitrogen functional groups attached to an aromatic ring is 1. The number of aliphatic hydroxyl groups is 1. The summed E-state index contributed by atoms with van der Waals surface area (Å²) in [5.74, 6) is 0.211. The molecule has 2 aromatic heterocycles. The minimum absolute atomic E-state index is 0.0154. The Labute approximate surface area is 107 Å². The largest absolute Gasteiger partial charge is 0.385 e. The second kappa shape index (κ2) is 4.37. The zero-order valence-corrected chi connectivity index (χ0v) is 9.85. The number of hydrogen-bond donors (Lipinski definition) is 3. The van der Waals surface area contributed by atoms with Crippen molar-refractivity contribution in [3.63, 3.8) is 0 Å². The summed E-state index contributed by atoms with van der Waals surface area (Å²) in [4.78, 5) is 11.9. The lowest BCUT2D eigenvalue weighted by Crippen LogP contribution is -2.32. The Morgan fingerprint density at radius 1 is 1.42 bits per heavy atom. The van der Waals surface area contributed by atoms with Crippen LogP contribution in [0, 0.1) is 0 Å². The third kappa shape index (κ3) is 1.74. The first-order chi connectivity index (χ1) is 9.13. The molecule has 0 aromatic carbocycles. The van der Waals surface area contributed by atoms with E-state index in [1.54, 1.807) is 0 Å². The molecule has 0 spiro atoms. The fourth-order valence-electron chi connectivity index (χ4n) is 2.18. The molecule has 3 heterocycles. The van der Waals surface area contributed by atoms with Crippen LogP contribution in [0.2, 0.25) is 0 Å². The van der Waals surface area contributed by atoms with Crippen molar-refractivity contribution in [3.05, 3.63) is 12.7 Å². The zero-order valence-electron chi connectivity index (χ0n) is 9.85. The lowest BCUT2D eigenvalue weighted by Gasteiger charge is -2.15. The average Bonchev–Trinajstić information content (AvgIpc) is 2.94. The van der Waals surface area contributed by atoms with Crippen LogP contribution in [0.3, 0.4) is 0 Å². The topological polar surface area (TPSA) is 125 Å². The molecule has 1 fully saturated rings. The third-order valence-corrected chi connectivity index (χ3v) is 3.18. The fourth-order valence-corrected chi connectivity index (χ4v) is 2.18. The third-order valence-electron chi connectivity index (χ3n) is 3.18. The summed E-state index contributed by atoms with van der Waals surface area (Å²) < 4.78 is 20.6. The smallest absolute Gasteiger partial charge is 0.167 e. The number of hydrogen-bond acceptors (Lipinski definition) is 7. The van der Waals surface area contributed by atoms with Crippen LogP contribution < -0.4 is 11.5 Å². The van der Waals surface area contributed by atoms with Gasteiger partial charge in [0.05, 0.1) is 6.33 Å². The van der Waals surface area contributed by atoms with Crippen LogP contribution >= 0.6 is 0 Å².